The second-order valence-corrected chi connectivity index (χ2v) is 6.94. The highest BCUT2D eigenvalue weighted by Crippen LogP contribution is 2.56. The Morgan fingerprint density at radius 2 is 2.06 bits per heavy atom. The van der Waals surface area contributed by atoms with Gasteiger partial charge >= 0.3 is 0 Å². The minimum atomic E-state index is 0.472. The molecule has 0 N–H and O–H groups in total. The van der Waals surface area contributed by atoms with E-state index in [0.29, 0.717) is 17.1 Å². The summed E-state index contributed by atoms with van der Waals surface area (Å²) >= 11 is 0. The van der Waals surface area contributed by atoms with Crippen molar-refractivity contribution in [1.82, 2.24) is 0 Å². The van der Waals surface area contributed by atoms with Crippen LogP contribution in [-0.4, -0.2) is 5.78 Å². The number of hydrogen-bond acceptors (Lipinski definition) is 1. The topological polar surface area (TPSA) is 17.1 Å². The van der Waals surface area contributed by atoms with Crippen molar-refractivity contribution in [3.8, 4) is 0 Å². The summed E-state index contributed by atoms with van der Waals surface area (Å²) in [6.07, 6.45) is 11.0. The van der Waals surface area contributed by atoms with Gasteiger partial charge in [-0.25, -0.2) is 0 Å². The molecule has 0 saturated heterocycles. The van der Waals surface area contributed by atoms with Crippen molar-refractivity contribution in [2.24, 2.45) is 23.2 Å². The van der Waals surface area contributed by atoms with E-state index in [2.05, 4.69) is 20.8 Å². The first kappa shape index (κ1) is 14.1. The molecule has 2 aliphatic rings. The van der Waals surface area contributed by atoms with Gasteiger partial charge in [-0.15, -0.1) is 0 Å². The number of carbonyl (C=O) groups excluding carboxylic acids is 1. The minimum Gasteiger partial charge on any atom is -0.300 e. The van der Waals surface area contributed by atoms with Gasteiger partial charge in [-0.05, 0) is 42.4 Å². The maximum absolute atomic E-state index is 11.7. The van der Waals surface area contributed by atoms with E-state index in [-0.39, 0.29) is 0 Å². The lowest BCUT2D eigenvalue weighted by Crippen LogP contribution is -2.46. The molecule has 18 heavy (non-hydrogen) atoms. The molecular weight excluding hydrogens is 220 g/mol. The van der Waals surface area contributed by atoms with Gasteiger partial charge in [-0.2, -0.15) is 0 Å². The Hall–Kier alpha value is -0.330. The summed E-state index contributed by atoms with van der Waals surface area (Å²) in [7, 11) is 0. The van der Waals surface area contributed by atoms with Gasteiger partial charge in [0.1, 0.15) is 5.78 Å². The molecule has 2 fully saturated rings. The molecule has 0 radical (unpaired) electrons. The van der Waals surface area contributed by atoms with E-state index in [1.807, 2.05) is 0 Å². The Balaban J connectivity index is 2.11. The van der Waals surface area contributed by atoms with E-state index in [1.54, 1.807) is 0 Å². The Morgan fingerprint density at radius 1 is 1.28 bits per heavy atom. The lowest BCUT2D eigenvalue weighted by Gasteiger charge is -2.53. The lowest BCUT2D eigenvalue weighted by molar-refractivity contribution is -0.130. The normalized spacial score (nSPS) is 40.6. The zero-order valence-electron chi connectivity index (χ0n) is 12.5. The fourth-order valence-electron chi connectivity index (χ4n) is 4.91. The fraction of sp³-hybridized carbons (Fsp3) is 0.941. The summed E-state index contributed by atoms with van der Waals surface area (Å²) in [6.45, 7) is 7.16. The molecule has 2 aliphatic carbocycles. The number of unbranched alkanes of at least 4 members (excludes halogenated alkanes) is 1. The number of fused-ring (bicyclic) bond motifs is 1. The van der Waals surface area contributed by atoms with Crippen LogP contribution in [0.25, 0.3) is 0 Å². The summed E-state index contributed by atoms with van der Waals surface area (Å²) < 4.78 is 0. The highest BCUT2D eigenvalue weighted by molar-refractivity contribution is 5.79. The molecule has 104 valence electrons. The van der Waals surface area contributed by atoms with Crippen LogP contribution < -0.4 is 0 Å². The highest BCUT2D eigenvalue weighted by Gasteiger charge is 2.49. The molecule has 1 heteroatoms. The molecule has 0 aromatic rings. The Kier molecular flexibility index (Phi) is 4.50. The van der Waals surface area contributed by atoms with Crippen LogP contribution >= 0.6 is 0 Å². The number of carbonyl (C=O) groups is 1. The van der Waals surface area contributed by atoms with E-state index >= 15 is 0 Å². The third kappa shape index (κ3) is 2.51. The summed E-state index contributed by atoms with van der Waals surface area (Å²) in [6, 6.07) is 0. The maximum atomic E-state index is 11.7. The van der Waals surface area contributed by atoms with Gasteiger partial charge in [-0.1, -0.05) is 46.5 Å². The SMILES string of the molecule is CCCC[C@@H]1CC[C@H]2CC(=O)CC[C@]2(C)[C@H]1CC. The molecule has 0 aliphatic heterocycles. The molecule has 0 unspecified atom stereocenters. The molecule has 1 nitrogen and oxygen atoms in total. The van der Waals surface area contributed by atoms with Crippen molar-refractivity contribution in [2.75, 3.05) is 0 Å². The Bertz CT molecular complexity index is 296. The van der Waals surface area contributed by atoms with Crippen LogP contribution in [0.1, 0.15) is 78.6 Å². The highest BCUT2D eigenvalue weighted by atomic mass is 16.1. The lowest BCUT2D eigenvalue weighted by atomic mass is 9.51. The maximum Gasteiger partial charge on any atom is 0.133 e. The summed E-state index contributed by atoms with van der Waals surface area (Å²) in [4.78, 5) is 11.7. The van der Waals surface area contributed by atoms with Crippen molar-refractivity contribution in [2.45, 2.75) is 78.6 Å². The van der Waals surface area contributed by atoms with E-state index < -0.39 is 0 Å². The molecule has 2 saturated carbocycles. The molecule has 0 bridgehead atoms. The van der Waals surface area contributed by atoms with Crippen LogP contribution in [0.2, 0.25) is 0 Å². The molecule has 0 aromatic heterocycles. The van der Waals surface area contributed by atoms with E-state index in [1.165, 1.54) is 38.5 Å². The summed E-state index contributed by atoms with van der Waals surface area (Å²) in [5, 5.41) is 0. The van der Waals surface area contributed by atoms with E-state index in [4.69, 9.17) is 0 Å². The standard InChI is InChI=1S/C17H30O/c1-4-6-7-13-8-9-14-12-15(18)10-11-17(14,3)16(13)5-2/h13-14,16H,4-12H2,1-3H3/t13-,14+,16+,17+/m1/s1. The summed E-state index contributed by atoms with van der Waals surface area (Å²) in [5.74, 6) is 3.03. The van der Waals surface area contributed by atoms with Crippen LogP contribution in [-0.2, 0) is 4.79 Å². The van der Waals surface area contributed by atoms with Crippen LogP contribution in [0.15, 0.2) is 0 Å². The van der Waals surface area contributed by atoms with Gasteiger partial charge in [-0.3, -0.25) is 4.79 Å². The van der Waals surface area contributed by atoms with Crippen molar-refractivity contribution >= 4 is 5.78 Å². The van der Waals surface area contributed by atoms with E-state index in [0.717, 1.165) is 31.1 Å². The average Bonchev–Trinajstić information content (AvgIpc) is 2.36. The van der Waals surface area contributed by atoms with Gasteiger partial charge in [0, 0.05) is 12.8 Å². The Morgan fingerprint density at radius 3 is 2.72 bits per heavy atom. The van der Waals surface area contributed by atoms with Gasteiger partial charge in [0.15, 0.2) is 0 Å². The second kappa shape index (κ2) is 5.75. The largest absolute Gasteiger partial charge is 0.300 e. The number of hydrogen-bond donors (Lipinski definition) is 0. The van der Waals surface area contributed by atoms with Gasteiger partial charge in [0.05, 0.1) is 0 Å². The van der Waals surface area contributed by atoms with Crippen LogP contribution in [0.4, 0.5) is 0 Å². The van der Waals surface area contributed by atoms with Crippen molar-refractivity contribution in [3.05, 3.63) is 0 Å². The first-order valence-corrected chi connectivity index (χ1v) is 8.13. The monoisotopic (exact) mass is 250 g/mol. The zero-order chi connectivity index (χ0) is 13.2. The van der Waals surface area contributed by atoms with Crippen LogP contribution in [0.3, 0.4) is 0 Å². The predicted octanol–water partition coefficient (Wildman–Crippen LogP) is 4.99. The number of Topliss-reactive ketones (excluding diaryl/α,β-unsaturated/α-hetero) is 1. The summed E-state index contributed by atoms with van der Waals surface area (Å²) in [5.41, 5.74) is 0.472. The van der Waals surface area contributed by atoms with Gasteiger partial charge in [0.2, 0.25) is 0 Å². The van der Waals surface area contributed by atoms with Crippen molar-refractivity contribution < 1.29 is 4.79 Å². The van der Waals surface area contributed by atoms with Crippen molar-refractivity contribution in [3.63, 3.8) is 0 Å². The van der Waals surface area contributed by atoms with Gasteiger partial charge < -0.3 is 0 Å². The second-order valence-electron chi connectivity index (χ2n) is 6.94. The molecule has 4 atom stereocenters. The molecule has 0 aromatic carbocycles. The first-order chi connectivity index (χ1) is 8.61. The number of rotatable bonds is 4. The smallest absolute Gasteiger partial charge is 0.133 e. The molecule has 0 spiro atoms. The first-order valence-electron chi connectivity index (χ1n) is 8.13. The van der Waals surface area contributed by atoms with Crippen LogP contribution in [0.5, 0.6) is 0 Å². The number of ketones is 1. The molecule has 2 rings (SSSR count). The quantitative estimate of drug-likeness (QED) is 0.687. The van der Waals surface area contributed by atoms with Crippen LogP contribution in [0, 0.1) is 23.2 Å². The minimum absolute atomic E-state index is 0.472. The fourth-order valence-corrected chi connectivity index (χ4v) is 4.91. The third-order valence-electron chi connectivity index (χ3n) is 6.02. The van der Waals surface area contributed by atoms with Gasteiger partial charge in [0.25, 0.3) is 0 Å². The van der Waals surface area contributed by atoms with Crippen molar-refractivity contribution in [1.29, 1.82) is 0 Å². The third-order valence-corrected chi connectivity index (χ3v) is 6.02. The molecule has 0 amide bonds. The average molecular weight is 250 g/mol. The molecule has 0 heterocycles. The van der Waals surface area contributed by atoms with E-state index in [9.17, 15) is 4.79 Å². The Labute approximate surface area is 113 Å². The predicted molar refractivity (Wildman–Crippen MR) is 76.5 cm³/mol. The zero-order valence-corrected chi connectivity index (χ0v) is 12.5. The molecular formula is C17H30O.